The third kappa shape index (κ3) is 2.76. The van der Waals surface area contributed by atoms with E-state index in [-0.39, 0.29) is 0 Å². The van der Waals surface area contributed by atoms with Crippen molar-refractivity contribution in [1.29, 1.82) is 0 Å². The Morgan fingerprint density at radius 1 is 1.30 bits per heavy atom. The minimum absolute atomic E-state index is 0.372. The van der Waals surface area contributed by atoms with Gasteiger partial charge in [0.15, 0.2) is 0 Å². The smallest absolute Gasteiger partial charge is 0.0576 e. The molecule has 2 aliphatic heterocycles. The Balaban J connectivity index is 1.55. The fourth-order valence-electron chi connectivity index (χ4n) is 3.49. The average molecular weight is 274 g/mol. The number of para-hydroxylation sites is 2. The highest BCUT2D eigenvalue weighted by Gasteiger charge is 2.36. The summed E-state index contributed by atoms with van der Waals surface area (Å²) in [4.78, 5) is 2.67. The molecule has 4 nitrogen and oxygen atoms in total. The molecule has 1 unspecified atom stereocenters. The Bertz CT molecular complexity index is 446. The van der Waals surface area contributed by atoms with Crippen molar-refractivity contribution in [2.24, 2.45) is 0 Å². The van der Waals surface area contributed by atoms with E-state index in [0.29, 0.717) is 11.6 Å². The van der Waals surface area contributed by atoms with Gasteiger partial charge in [0.2, 0.25) is 0 Å². The van der Waals surface area contributed by atoms with Crippen LogP contribution in [0.4, 0.5) is 11.4 Å². The Hall–Kier alpha value is -1.26. The van der Waals surface area contributed by atoms with Crippen LogP contribution in [0.5, 0.6) is 0 Å². The quantitative estimate of drug-likeness (QED) is 0.737. The largest absolute Gasteiger partial charge is 0.397 e. The summed E-state index contributed by atoms with van der Waals surface area (Å²) in [5, 5.41) is 7.10. The summed E-state index contributed by atoms with van der Waals surface area (Å²) in [6.45, 7) is 7.06. The SMILES string of the molecule is CC1(N2CCC(Nc3ccccc3N)CC2)CCNC1. The molecule has 0 bridgehead atoms. The van der Waals surface area contributed by atoms with Gasteiger partial charge in [0, 0.05) is 31.2 Å². The number of hydrogen-bond acceptors (Lipinski definition) is 4. The van der Waals surface area contributed by atoms with Crippen LogP contribution in [0.3, 0.4) is 0 Å². The van der Waals surface area contributed by atoms with Gasteiger partial charge in [0.25, 0.3) is 0 Å². The summed E-state index contributed by atoms with van der Waals surface area (Å²) in [5.74, 6) is 0. The van der Waals surface area contributed by atoms with E-state index in [2.05, 4.69) is 28.5 Å². The molecule has 110 valence electrons. The Morgan fingerprint density at radius 3 is 2.70 bits per heavy atom. The summed E-state index contributed by atoms with van der Waals surface area (Å²) >= 11 is 0. The van der Waals surface area contributed by atoms with Crippen LogP contribution in [0, 0.1) is 0 Å². The molecule has 0 radical (unpaired) electrons. The van der Waals surface area contributed by atoms with Gasteiger partial charge >= 0.3 is 0 Å². The molecule has 1 aromatic carbocycles. The second-order valence-electron chi connectivity index (χ2n) is 6.42. The third-order valence-corrected chi connectivity index (χ3v) is 4.93. The third-order valence-electron chi connectivity index (χ3n) is 4.93. The highest BCUT2D eigenvalue weighted by molar-refractivity contribution is 5.65. The highest BCUT2D eigenvalue weighted by Crippen LogP contribution is 2.28. The van der Waals surface area contributed by atoms with Gasteiger partial charge in [-0.3, -0.25) is 4.90 Å². The van der Waals surface area contributed by atoms with Gasteiger partial charge in [0.1, 0.15) is 0 Å². The fraction of sp³-hybridized carbons (Fsp3) is 0.625. The summed E-state index contributed by atoms with van der Waals surface area (Å²) in [7, 11) is 0. The van der Waals surface area contributed by atoms with E-state index in [0.717, 1.165) is 24.5 Å². The van der Waals surface area contributed by atoms with Crippen molar-refractivity contribution >= 4 is 11.4 Å². The van der Waals surface area contributed by atoms with E-state index in [1.165, 1.54) is 32.4 Å². The lowest BCUT2D eigenvalue weighted by Crippen LogP contribution is -2.52. The molecule has 0 aliphatic carbocycles. The van der Waals surface area contributed by atoms with Crippen molar-refractivity contribution in [2.45, 2.75) is 37.8 Å². The van der Waals surface area contributed by atoms with Crippen LogP contribution in [0.15, 0.2) is 24.3 Å². The van der Waals surface area contributed by atoms with E-state index in [1.54, 1.807) is 0 Å². The second kappa shape index (κ2) is 5.62. The molecular formula is C16H26N4. The van der Waals surface area contributed by atoms with Crippen molar-refractivity contribution < 1.29 is 0 Å². The van der Waals surface area contributed by atoms with Gasteiger partial charge in [-0.1, -0.05) is 12.1 Å². The molecule has 2 saturated heterocycles. The number of nitrogen functional groups attached to an aromatic ring is 1. The summed E-state index contributed by atoms with van der Waals surface area (Å²) < 4.78 is 0. The molecule has 2 aliphatic rings. The number of likely N-dealkylation sites (tertiary alicyclic amines) is 1. The minimum atomic E-state index is 0.372. The Kier molecular flexibility index (Phi) is 3.85. The number of nitrogens with one attached hydrogen (secondary N) is 2. The molecule has 2 fully saturated rings. The second-order valence-corrected chi connectivity index (χ2v) is 6.42. The molecular weight excluding hydrogens is 248 g/mol. The first-order valence-electron chi connectivity index (χ1n) is 7.74. The van der Waals surface area contributed by atoms with Crippen LogP contribution in [-0.4, -0.2) is 42.7 Å². The molecule has 2 heterocycles. The zero-order valence-electron chi connectivity index (χ0n) is 12.4. The number of hydrogen-bond donors (Lipinski definition) is 3. The van der Waals surface area contributed by atoms with E-state index >= 15 is 0 Å². The molecule has 3 rings (SSSR count). The zero-order valence-corrected chi connectivity index (χ0v) is 12.4. The Labute approximate surface area is 121 Å². The van der Waals surface area contributed by atoms with Gasteiger partial charge in [-0.05, 0) is 44.9 Å². The zero-order chi connectivity index (χ0) is 14.0. The molecule has 0 spiro atoms. The van der Waals surface area contributed by atoms with Gasteiger partial charge < -0.3 is 16.4 Å². The molecule has 0 aromatic heterocycles. The minimum Gasteiger partial charge on any atom is -0.397 e. The van der Waals surface area contributed by atoms with E-state index in [4.69, 9.17) is 5.73 Å². The predicted octanol–water partition coefficient (Wildman–Crippen LogP) is 1.90. The maximum Gasteiger partial charge on any atom is 0.0576 e. The van der Waals surface area contributed by atoms with E-state index < -0.39 is 0 Å². The van der Waals surface area contributed by atoms with Crippen molar-refractivity contribution in [3.05, 3.63) is 24.3 Å². The number of nitrogens with two attached hydrogens (primary N) is 1. The molecule has 1 aromatic rings. The van der Waals surface area contributed by atoms with Gasteiger partial charge in [-0.2, -0.15) is 0 Å². The normalized spacial score (nSPS) is 28.6. The maximum atomic E-state index is 6.00. The number of nitrogens with zero attached hydrogens (tertiary/aromatic N) is 1. The van der Waals surface area contributed by atoms with Crippen LogP contribution in [0.2, 0.25) is 0 Å². The molecule has 4 heteroatoms. The first-order valence-corrected chi connectivity index (χ1v) is 7.74. The van der Waals surface area contributed by atoms with Crippen molar-refractivity contribution in [3.8, 4) is 0 Å². The highest BCUT2D eigenvalue weighted by atomic mass is 15.2. The van der Waals surface area contributed by atoms with Crippen molar-refractivity contribution in [3.63, 3.8) is 0 Å². The molecule has 4 N–H and O–H groups in total. The predicted molar refractivity (Wildman–Crippen MR) is 85.0 cm³/mol. The van der Waals surface area contributed by atoms with E-state index in [9.17, 15) is 0 Å². The monoisotopic (exact) mass is 274 g/mol. The van der Waals surface area contributed by atoms with E-state index in [1.807, 2.05) is 18.2 Å². The van der Waals surface area contributed by atoms with Gasteiger partial charge in [-0.15, -0.1) is 0 Å². The Morgan fingerprint density at radius 2 is 2.05 bits per heavy atom. The van der Waals surface area contributed by atoms with Crippen LogP contribution >= 0.6 is 0 Å². The van der Waals surface area contributed by atoms with Crippen LogP contribution in [0.1, 0.15) is 26.2 Å². The van der Waals surface area contributed by atoms with Crippen LogP contribution < -0.4 is 16.4 Å². The molecule has 0 saturated carbocycles. The standard InChI is InChI=1S/C16H26N4/c1-16(8-9-18-12-16)20-10-6-13(7-11-20)19-15-5-3-2-4-14(15)17/h2-5,13,18-19H,6-12,17H2,1H3. The maximum absolute atomic E-state index is 6.00. The number of rotatable bonds is 3. The topological polar surface area (TPSA) is 53.3 Å². The summed E-state index contributed by atoms with van der Waals surface area (Å²) in [6.07, 6.45) is 3.67. The lowest BCUT2D eigenvalue weighted by molar-refractivity contribution is 0.0922. The number of anilines is 2. The summed E-state index contributed by atoms with van der Waals surface area (Å²) in [5.41, 5.74) is 8.31. The van der Waals surface area contributed by atoms with Gasteiger partial charge in [-0.25, -0.2) is 0 Å². The number of piperidine rings is 1. The first-order chi connectivity index (χ1) is 9.67. The summed E-state index contributed by atoms with van der Waals surface area (Å²) in [6, 6.07) is 8.61. The molecule has 20 heavy (non-hydrogen) atoms. The van der Waals surface area contributed by atoms with Crippen molar-refractivity contribution in [1.82, 2.24) is 10.2 Å². The molecule has 1 atom stereocenters. The fourth-order valence-corrected chi connectivity index (χ4v) is 3.49. The molecule has 0 amide bonds. The van der Waals surface area contributed by atoms with Crippen LogP contribution in [-0.2, 0) is 0 Å². The average Bonchev–Trinajstić information content (AvgIpc) is 2.90. The lowest BCUT2D eigenvalue weighted by Gasteiger charge is -2.43. The van der Waals surface area contributed by atoms with Crippen LogP contribution in [0.25, 0.3) is 0 Å². The number of benzene rings is 1. The van der Waals surface area contributed by atoms with Crippen molar-refractivity contribution in [2.75, 3.05) is 37.2 Å². The van der Waals surface area contributed by atoms with Gasteiger partial charge in [0.05, 0.1) is 11.4 Å². The lowest BCUT2D eigenvalue weighted by atomic mass is 9.94. The first kappa shape index (κ1) is 13.7.